The van der Waals surface area contributed by atoms with Gasteiger partial charge < -0.3 is 4.74 Å². The zero-order valence-corrected chi connectivity index (χ0v) is 4.52. The minimum Gasteiger partial charge on any atom is -0.487 e. The smallest absolute Gasteiger partial charge is 0.246 e. The van der Waals surface area contributed by atoms with Crippen LogP contribution in [-0.4, -0.2) is 11.9 Å². The highest BCUT2D eigenvalue weighted by molar-refractivity contribution is 5.67. The van der Waals surface area contributed by atoms with Crippen molar-refractivity contribution in [3.63, 3.8) is 0 Å². The maximum atomic E-state index is 9.98. The van der Waals surface area contributed by atoms with Gasteiger partial charge in [-0.25, -0.2) is 0 Å². The van der Waals surface area contributed by atoms with Crippen LogP contribution in [0.25, 0.3) is 0 Å². The molecule has 1 radical (unpaired) electrons. The Morgan fingerprint density at radius 2 is 2.38 bits per heavy atom. The molecule has 0 atom stereocenters. The van der Waals surface area contributed by atoms with E-state index in [-0.39, 0.29) is 0 Å². The summed E-state index contributed by atoms with van der Waals surface area (Å²) in [5, 5.41) is 0. The fourth-order valence-electron chi connectivity index (χ4n) is 0.517. The molecule has 8 heavy (non-hydrogen) atoms. The van der Waals surface area contributed by atoms with Gasteiger partial charge in [-0.3, -0.25) is 4.79 Å². The standard InChI is InChI=1S/C6H7O2/c1-2-8-6(5-7)3-4-6/h2H,1,3-4H2. The normalized spacial score (nSPS) is 21.5. The molecule has 0 unspecified atom stereocenters. The average molecular weight is 111 g/mol. The number of rotatable bonds is 3. The molecule has 0 bridgehead atoms. The Morgan fingerprint density at radius 3 is 2.50 bits per heavy atom. The highest BCUT2D eigenvalue weighted by atomic mass is 16.5. The van der Waals surface area contributed by atoms with E-state index < -0.39 is 5.60 Å². The van der Waals surface area contributed by atoms with Crippen LogP contribution in [0.4, 0.5) is 0 Å². The molecular formula is C6H7O2. The van der Waals surface area contributed by atoms with Crippen molar-refractivity contribution in [1.82, 2.24) is 0 Å². The van der Waals surface area contributed by atoms with Gasteiger partial charge in [-0.05, 0) is 12.8 Å². The minimum absolute atomic E-state index is 0.582. The monoisotopic (exact) mass is 111 g/mol. The Kier molecular flexibility index (Phi) is 1.08. The summed E-state index contributed by atoms with van der Waals surface area (Å²) >= 11 is 0. The van der Waals surface area contributed by atoms with Crippen LogP contribution in [0.15, 0.2) is 12.8 Å². The molecule has 0 aromatic heterocycles. The summed E-state index contributed by atoms with van der Waals surface area (Å²) in [5.74, 6) is 0. The third kappa shape index (κ3) is 0.735. The second kappa shape index (κ2) is 1.62. The van der Waals surface area contributed by atoms with Gasteiger partial charge in [0, 0.05) is 0 Å². The Hall–Kier alpha value is -0.790. The molecule has 2 nitrogen and oxygen atoms in total. The van der Waals surface area contributed by atoms with Crippen LogP contribution in [0.3, 0.4) is 0 Å². The van der Waals surface area contributed by atoms with Crippen LogP contribution in [0.5, 0.6) is 0 Å². The molecule has 0 aliphatic heterocycles. The van der Waals surface area contributed by atoms with Gasteiger partial charge in [0.25, 0.3) is 0 Å². The first kappa shape index (κ1) is 5.35. The van der Waals surface area contributed by atoms with Gasteiger partial charge in [0.15, 0.2) is 5.60 Å². The van der Waals surface area contributed by atoms with Gasteiger partial charge in [-0.1, -0.05) is 6.58 Å². The molecule has 2 heteroatoms. The predicted octanol–water partition coefficient (Wildman–Crippen LogP) is 0.789. The lowest BCUT2D eigenvalue weighted by Gasteiger charge is -2.01. The maximum absolute atomic E-state index is 9.98. The van der Waals surface area contributed by atoms with Crippen LogP contribution in [-0.2, 0) is 9.53 Å². The lowest BCUT2D eigenvalue weighted by Crippen LogP contribution is -2.10. The van der Waals surface area contributed by atoms with E-state index in [4.69, 9.17) is 4.74 Å². The zero-order valence-electron chi connectivity index (χ0n) is 4.52. The Morgan fingerprint density at radius 1 is 1.75 bits per heavy atom. The fraction of sp³-hybridized carbons (Fsp3) is 0.500. The van der Waals surface area contributed by atoms with Gasteiger partial charge in [0.05, 0.1) is 6.26 Å². The summed E-state index contributed by atoms with van der Waals surface area (Å²) in [6, 6.07) is 0. The maximum Gasteiger partial charge on any atom is 0.246 e. The molecule has 1 rings (SSSR count). The van der Waals surface area contributed by atoms with Crippen molar-refractivity contribution in [2.24, 2.45) is 0 Å². The quantitative estimate of drug-likeness (QED) is 0.503. The van der Waals surface area contributed by atoms with Crippen molar-refractivity contribution >= 4 is 6.29 Å². The van der Waals surface area contributed by atoms with E-state index in [9.17, 15) is 4.79 Å². The van der Waals surface area contributed by atoms with Crippen molar-refractivity contribution in [3.05, 3.63) is 12.8 Å². The van der Waals surface area contributed by atoms with Crippen molar-refractivity contribution in [1.29, 1.82) is 0 Å². The molecule has 0 N–H and O–H groups in total. The molecule has 0 saturated heterocycles. The van der Waals surface area contributed by atoms with Gasteiger partial charge in [0.2, 0.25) is 6.29 Å². The molecule has 1 aliphatic rings. The zero-order chi connectivity index (χ0) is 6.04. The molecule has 0 aromatic carbocycles. The predicted molar refractivity (Wildman–Crippen MR) is 28.9 cm³/mol. The Bertz CT molecular complexity index is 114. The van der Waals surface area contributed by atoms with E-state index in [2.05, 4.69) is 6.58 Å². The van der Waals surface area contributed by atoms with E-state index in [1.54, 1.807) is 0 Å². The van der Waals surface area contributed by atoms with Gasteiger partial charge >= 0.3 is 0 Å². The molecule has 0 spiro atoms. The van der Waals surface area contributed by atoms with E-state index >= 15 is 0 Å². The first-order chi connectivity index (χ1) is 3.83. The molecular weight excluding hydrogens is 104 g/mol. The third-order valence-corrected chi connectivity index (χ3v) is 1.20. The summed E-state index contributed by atoms with van der Waals surface area (Å²) in [6.45, 7) is 3.33. The van der Waals surface area contributed by atoms with Gasteiger partial charge in [-0.15, -0.1) is 0 Å². The molecule has 1 aliphatic carbocycles. The number of hydrogen-bond donors (Lipinski definition) is 0. The highest BCUT2D eigenvalue weighted by Gasteiger charge is 2.45. The second-order valence-corrected chi connectivity index (χ2v) is 1.88. The molecule has 1 saturated carbocycles. The SMILES string of the molecule is C=COC1([C]=O)CC1. The van der Waals surface area contributed by atoms with E-state index in [1.165, 1.54) is 6.26 Å². The topological polar surface area (TPSA) is 26.3 Å². The molecule has 43 valence electrons. The Balaban J connectivity index is 2.40. The number of ether oxygens (including phenoxy) is 1. The first-order valence-corrected chi connectivity index (χ1v) is 2.51. The van der Waals surface area contributed by atoms with Crippen LogP contribution >= 0.6 is 0 Å². The van der Waals surface area contributed by atoms with Gasteiger partial charge in [0.1, 0.15) is 0 Å². The number of carbonyl (C=O) groups excluding carboxylic acids is 1. The van der Waals surface area contributed by atoms with Crippen LogP contribution in [0.2, 0.25) is 0 Å². The van der Waals surface area contributed by atoms with E-state index in [0.717, 1.165) is 12.8 Å². The minimum atomic E-state index is -0.582. The summed E-state index contributed by atoms with van der Waals surface area (Å²) in [5.41, 5.74) is -0.582. The van der Waals surface area contributed by atoms with Crippen molar-refractivity contribution in [2.45, 2.75) is 18.4 Å². The lowest BCUT2D eigenvalue weighted by atomic mass is 10.4. The van der Waals surface area contributed by atoms with Crippen molar-refractivity contribution in [3.8, 4) is 0 Å². The molecule has 0 amide bonds. The lowest BCUT2D eigenvalue weighted by molar-refractivity contribution is 0.180. The highest BCUT2D eigenvalue weighted by Crippen LogP contribution is 2.37. The average Bonchev–Trinajstić information content (AvgIpc) is 2.50. The third-order valence-electron chi connectivity index (χ3n) is 1.20. The van der Waals surface area contributed by atoms with Crippen LogP contribution < -0.4 is 0 Å². The molecule has 1 fully saturated rings. The van der Waals surface area contributed by atoms with Crippen molar-refractivity contribution < 1.29 is 9.53 Å². The van der Waals surface area contributed by atoms with Crippen LogP contribution in [0, 0.1) is 0 Å². The summed E-state index contributed by atoms with van der Waals surface area (Å²) < 4.78 is 4.83. The largest absolute Gasteiger partial charge is 0.487 e. The second-order valence-electron chi connectivity index (χ2n) is 1.88. The van der Waals surface area contributed by atoms with E-state index in [1.807, 2.05) is 6.29 Å². The summed E-state index contributed by atoms with van der Waals surface area (Å²) in [4.78, 5) is 9.98. The summed E-state index contributed by atoms with van der Waals surface area (Å²) in [6.07, 6.45) is 4.69. The number of hydrogen-bond acceptors (Lipinski definition) is 2. The summed E-state index contributed by atoms with van der Waals surface area (Å²) in [7, 11) is 0. The van der Waals surface area contributed by atoms with Crippen molar-refractivity contribution in [2.75, 3.05) is 0 Å². The molecule has 0 aromatic rings. The fourth-order valence-corrected chi connectivity index (χ4v) is 0.517. The first-order valence-electron chi connectivity index (χ1n) is 2.51. The van der Waals surface area contributed by atoms with E-state index in [0.29, 0.717) is 0 Å². The Labute approximate surface area is 48.1 Å². The molecule has 0 heterocycles. The van der Waals surface area contributed by atoms with Gasteiger partial charge in [-0.2, -0.15) is 0 Å². The van der Waals surface area contributed by atoms with Crippen LogP contribution in [0.1, 0.15) is 12.8 Å².